The Morgan fingerprint density at radius 1 is 1.00 bits per heavy atom. The van der Waals surface area contributed by atoms with Crippen LogP contribution in [-0.2, 0) is 9.47 Å². The molecule has 0 aliphatic heterocycles. The van der Waals surface area contributed by atoms with E-state index in [2.05, 4.69) is 15.9 Å². The van der Waals surface area contributed by atoms with Crippen LogP contribution in [0.2, 0.25) is 0 Å². The van der Waals surface area contributed by atoms with Crippen molar-refractivity contribution in [2.75, 3.05) is 31.8 Å². The third kappa shape index (κ3) is 5.15. The second-order valence-electron chi connectivity index (χ2n) is 4.80. The third-order valence-electron chi connectivity index (χ3n) is 3.43. The maximum atomic E-state index is 5.77. The molecule has 0 radical (unpaired) electrons. The summed E-state index contributed by atoms with van der Waals surface area (Å²) in [5, 5.41) is 1.08. The van der Waals surface area contributed by atoms with Gasteiger partial charge in [0.25, 0.3) is 0 Å². The van der Waals surface area contributed by atoms with Crippen molar-refractivity contribution in [3.8, 4) is 0 Å². The average molecular weight is 293 g/mol. The molecule has 1 aliphatic rings. The quantitative estimate of drug-likeness (QED) is 0.404. The molecular formula is C13H25BrO2. The van der Waals surface area contributed by atoms with Gasteiger partial charge in [-0.1, -0.05) is 41.6 Å². The van der Waals surface area contributed by atoms with Gasteiger partial charge in [-0.15, -0.1) is 0 Å². The monoisotopic (exact) mass is 292 g/mol. The molecule has 0 saturated heterocycles. The summed E-state index contributed by atoms with van der Waals surface area (Å²) in [6, 6.07) is 0. The van der Waals surface area contributed by atoms with Crippen molar-refractivity contribution < 1.29 is 9.47 Å². The lowest BCUT2D eigenvalue weighted by Gasteiger charge is -2.30. The summed E-state index contributed by atoms with van der Waals surface area (Å²) in [6.07, 6.45) is 8.14. The standard InChI is InChI=1S/C13H25BrO2/c1-2-15-9-10-16-12-13(11-14)7-5-3-4-6-8-13/h2-12H2,1H3. The first-order chi connectivity index (χ1) is 7.83. The van der Waals surface area contributed by atoms with Crippen molar-refractivity contribution in [3.05, 3.63) is 0 Å². The van der Waals surface area contributed by atoms with Gasteiger partial charge in [0.1, 0.15) is 0 Å². The first kappa shape index (κ1) is 14.5. The van der Waals surface area contributed by atoms with Crippen molar-refractivity contribution in [2.24, 2.45) is 5.41 Å². The van der Waals surface area contributed by atoms with E-state index in [0.29, 0.717) is 5.41 Å². The van der Waals surface area contributed by atoms with Crippen molar-refractivity contribution in [1.29, 1.82) is 0 Å². The van der Waals surface area contributed by atoms with E-state index in [1.54, 1.807) is 0 Å². The van der Waals surface area contributed by atoms with Gasteiger partial charge in [-0.05, 0) is 19.8 Å². The predicted molar refractivity (Wildman–Crippen MR) is 71.2 cm³/mol. The Hall–Kier alpha value is 0.400. The topological polar surface area (TPSA) is 18.5 Å². The van der Waals surface area contributed by atoms with E-state index in [1.807, 2.05) is 6.92 Å². The van der Waals surface area contributed by atoms with Gasteiger partial charge in [-0.2, -0.15) is 0 Å². The van der Waals surface area contributed by atoms with Crippen LogP contribution < -0.4 is 0 Å². The highest BCUT2D eigenvalue weighted by atomic mass is 79.9. The van der Waals surface area contributed by atoms with Gasteiger partial charge < -0.3 is 9.47 Å². The molecule has 96 valence electrons. The molecule has 0 spiro atoms. The van der Waals surface area contributed by atoms with Gasteiger partial charge in [0, 0.05) is 17.4 Å². The lowest BCUT2D eigenvalue weighted by molar-refractivity contribution is 0.00951. The molecule has 0 amide bonds. The highest BCUT2D eigenvalue weighted by molar-refractivity contribution is 9.09. The first-order valence-electron chi connectivity index (χ1n) is 6.54. The highest BCUT2D eigenvalue weighted by Crippen LogP contribution is 2.36. The summed E-state index contributed by atoms with van der Waals surface area (Å²) in [6.45, 7) is 5.17. The average Bonchev–Trinajstić information content (AvgIpc) is 2.55. The zero-order chi connectivity index (χ0) is 11.7. The molecule has 0 atom stereocenters. The van der Waals surface area contributed by atoms with Crippen LogP contribution in [0.1, 0.15) is 45.4 Å². The Labute approximate surface area is 108 Å². The summed E-state index contributed by atoms with van der Waals surface area (Å²) < 4.78 is 11.0. The summed E-state index contributed by atoms with van der Waals surface area (Å²) >= 11 is 3.67. The van der Waals surface area contributed by atoms with E-state index in [-0.39, 0.29) is 0 Å². The van der Waals surface area contributed by atoms with Gasteiger partial charge in [0.15, 0.2) is 0 Å². The van der Waals surface area contributed by atoms with E-state index < -0.39 is 0 Å². The van der Waals surface area contributed by atoms with Crippen LogP contribution in [0.15, 0.2) is 0 Å². The van der Waals surface area contributed by atoms with E-state index >= 15 is 0 Å². The Balaban J connectivity index is 2.22. The molecule has 0 aromatic rings. The van der Waals surface area contributed by atoms with Gasteiger partial charge in [-0.3, -0.25) is 0 Å². The maximum absolute atomic E-state index is 5.77. The zero-order valence-electron chi connectivity index (χ0n) is 10.5. The molecule has 0 bridgehead atoms. The fourth-order valence-electron chi connectivity index (χ4n) is 2.35. The Bertz CT molecular complexity index is 165. The van der Waals surface area contributed by atoms with Crippen LogP contribution in [0.25, 0.3) is 0 Å². The van der Waals surface area contributed by atoms with Gasteiger partial charge >= 0.3 is 0 Å². The number of alkyl halides is 1. The minimum Gasteiger partial charge on any atom is -0.379 e. The molecule has 1 rings (SSSR count). The summed E-state index contributed by atoms with van der Waals surface area (Å²) in [5.74, 6) is 0. The lowest BCUT2D eigenvalue weighted by Crippen LogP contribution is -2.29. The fraction of sp³-hybridized carbons (Fsp3) is 1.00. The molecular weight excluding hydrogens is 268 g/mol. The minimum absolute atomic E-state index is 0.392. The Kier molecular flexibility index (Phi) is 7.67. The molecule has 0 unspecified atom stereocenters. The predicted octanol–water partition coefficient (Wildman–Crippen LogP) is 3.78. The number of hydrogen-bond donors (Lipinski definition) is 0. The van der Waals surface area contributed by atoms with E-state index in [9.17, 15) is 0 Å². The summed E-state index contributed by atoms with van der Waals surface area (Å²) in [4.78, 5) is 0. The molecule has 0 aromatic heterocycles. The van der Waals surface area contributed by atoms with Gasteiger partial charge in [0.05, 0.1) is 19.8 Å². The van der Waals surface area contributed by atoms with E-state index in [1.165, 1.54) is 38.5 Å². The van der Waals surface area contributed by atoms with E-state index in [0.717, 1.165) is 31.8 Å². The Morgan fingerprint density at radius 3 is 2.19 bits per heavy atom. The van der Waals surface area contributed by atoms with Gasteiger partial charge in [0.2, 0.25) is 0 Å². The molecule has 0 heterocycles. The summed E-state index contributed by atoms with van der Waals surface area (Å²) in [5.41, 5.74) is 0.392. The van der Waals surface area contributed by atoms with E-state index in [4.69, 9.17) is 9.47 Å². The number of halogens is 1. The van der Waals surface area contributed by atoms with Crippen molar-refractivity contribution in [3.63, 3.8) is 0 Å². The van der Waals surface area contributed by atoms with Crippen LogP contribution >= 0.6 is 15.9 Å². The van der Waals surface area contributed by atoms with Crippen molar-refractivity contribution in [1.82, 2.24) is 0 Å². The molecule has 1 saturated carbocycles. The normalized spacial score (nSPS) is 20.6. The molecule has 2 nitrogen and oxygen atoms in total. The third-order valence-corrected chi connectivity index (χ3v) is 4.62. The maximum Gasteiger partial charge on any atom is 0.0700 e. The largest absolute Gasteiger partial charge is 0.379 e. The molecule has 0 aromatic carbocycles. The smallest absolute Gasteiger partial charge is 0.0700 e. The van der Waals surface area contributed by atoms with Crippen LogP contribution in [0.5, 0.6) is 0 Å². The number of rotatable bonds is 7. The second kappa shape index (κ2) is 8.48. The molecule has 3 heteroatoms. The van der Waals surface area contributed by atoms with Crippen LogP contribution in [-0.4, -0.2) is 31.8 Å². The first-order valence-corrected chi connectivity index (χ1v) is 7.66. The summed E-state index contributed by atoms with van der Waals surface area (Å²) in [7, 11) is 0. The molecule has 1 fully saturated rings. The van der Waals surface area contributed by atoms with Crippen LogP contribution in [0.4, 0.5) is 0 Å². The van der Waals surface area contributed by atoms with Crippen LogP contribution in [0.3, 0.4) is 0 Å². The molecule has 16 heavy (non-hydrogen) atoms. The second-order valence-corrected chi connectivity index (χ2v) is 5.36. The number of ether oxygens (including phenoxy) is 2. The van der Waals surface area contributed by atoms with Gasteiger partial charge in [-0.25, -0.2) is 0 Å². The van der Waals surface area contributed by atoms with Crippen molar-refractivity contribution in [2.45, 2.75) is 45.4 Å². The molecule has 0 N–H and O–H groups in total. The fourth-order valence-corrected chi connectivity index (χ4v) is 3.07. The SMILES string of the molecule is CCOCCOCC1(CBr)CCCCCC1. The van der Waals surface area contributed by atoms with Crippen molar-refractivity contribution >= 4 is 15.9 Å². The molecule has 1 aliphatic carbocycles. The Morgan fingerprint density at radius 2 is 1.62 bits per heavy atom. The lowest BCUT2D eigenvalue weighted by atomic mass is 9.83. The zero-order valence-corrected chi connectivity index (χ0v) is 12.1. The highest BCUT2D eigenvalue weighted by Gasteiger charge is 2.29. The minimum atomic E-state index is 0.392. The van der Waals surface area contributed by atoms with Crippen LogP contribution in [0, 0.1) is 5.41 Å². The number of hydrogen-bond acceptors (Lipinski definition) is 2.